The van der Waals surface area contributed by atoms with E-state index >= 15 is 0 Å². The number of benzene rings is 2. The third-order valence-electron chi connectivity index (χ3n) is 4.90. The van der Waals surface area contributed by atoms with Gasteiger partial charge in [0.25, 0.3) is 0 Å². The van der Waals surface area contributed by atoms with Gasteiger partial charge in [0.1, 0.15) is 0 Å². The van der Waals surface area contributed by atoms with E-state index in [9.17, 15) is 13.2 Å². The summed E-state index contributed by atoms with van der Waals surface area (Å²) in [4.78, 5) is 12.5. The van der Waals surface area contributed by atoms with E-state index in [4.69, 9.17) is 0 Å². The molecule has 1 aliphatic heterocycles. The van der Waals surface area contributed by atoms with Crippen molar-refractivity contribution in [2.45, 2.75) is 25.0 Å². The molecule has 1 N–H and O–H groups in total. The Bertz CT molecular complexity index is 838. The Morgan fingerprint density at radius 3 is 2.30 bits per heavy atom. The molecule has 0 saturated carbocycles. The summed E-state index contributed by atoms with van der Waals surface area (Å²) in [5, 5.41) is 2.96. The van der Waals surface area contributed by atoms with Crippen molar-refractivity contribution in [3.8, 4) is 0 Å². The maximum atomic E-state index is 12.7. The van der Waals surface area contributed by atoms with E-state index in [1.165, 1.54) is 9.87 Å². The van der Waals surface area contributed by atoms with E-state index in [-0.39, 0.29) is 24.1 Å². The van der Waals surface area contributed by atoms with E-state index in [0.29, 0.717) is 19.5 Å². The molecule has 0 unspecified atom stereocenters. The van der Waals surface area contributed by atoms with Gasteiger partial charge in [-0.1, -0.05) is 60.7 Å². The van der Waals surface area contributed by atoms with Gasteiger partial charge in [0, 0.05) is 19.6 Å². The van der Waals surface area contributed by atoms with Crippen LogP contribution in [0.2, 0.25) is 0 Å². The second kappa shape index (κ2) is 9.15. The highest BCUT2D eigenvalue weighted by molar-refractivity contribution is 7.88. The van der Waals surface area contributed by atoms with Gasteiger partial charge < -0.3 is 5.32 Å². The molecule has 1 amide bonds. The molecule has 6 heteroatoms. The summed E-state index contributed by atoms with van der Waals surface area (Å²) >= 11 is 0. The van der Waals surface area contributed by atoms with Gasteiger partial charge in [-0.2, -0.15) is 0 Å². The van der Waals surface area contributed by atoms with E-state index in [1.807, 2.05) is 60.7 Å². The lowest BCUT2D eigenvalue weighted by Crippen LogP contribution is -2.46. The molecule has 2 aromatic carbocycles. The zero-order chi connectivity index (χ0) is 19.1. The van der Waals surface area contributed by atoms with Crippen LogP contribution in [-0.4, -0.2) is 38.3 Å². The number of carbonyl (C=O) groups excluding carboxylic acids is 1. The smallest absolute Gasteiger partial charge is 0.224 e. The van der Waals surface area contributed by atoms with E-state index in [0.717, 1.165) is 18.4 Å². The van der Waals surface area contributed by atoms with Crippen LogP contribution >= 0.6 is 0 Å². The zero-order valence-corrected chi connectivity index (χ0v) is 16.2. The fourth-order valence-corrected chi connectivity index (χ4v) is 5.01. The number of rotatable bonds is 7. The molecule has 144 valence electrons. The molecule has 1 fully saturated rings. The molecule has 0 radical (unpaired) electrons. The van der Waals surface area contributed by atoms with Crippen molar-refractivity contribution in [2.75, 3.05) is 19.6 Å². The topological polar surface area (TPSA) is 66.5 Å². The Kier molecular flexibility index (Phi) is 6.63. The number of amides is 1. The average Bonchev–Trinajstić information content (AvgIpc) is 2.69. The number of sulfonamides is 1. The maximum Gasteiger partial charge on any atom is 0.224 e. The lowest BCUT2D eigenvalue weighted by Gasteiger charge is -2.31. The molecule has 0 aromatic heterocycles. The van der Waals surface area contributed by atoms with Crippen LogP contribution in [0.5, 0.6) is 0 Å². The molecular formula is C21H26N2O3S. The van der Waals surface area contributed by atoms with E-state index < -0.39 is 10.0 Å². The first-order chi connectivity index (χ1) is 13.0. The highest BCUT2D eigenvalue weighted by Gasteiger charge is 2.32. The first-order valence-electron chi connectivity index (χ1n) is 9.38. The molecule has 5 nitrogen and oxygen atoms in total. The van der Waals surface area contributed by atoms with Crippen LogP contribution in [0.15, 0.2) is 60.7 Å². The monoisotopic (exact) mass is 386 g/mol. The number of nitrogens with zero attached hydrogens (tertiary/aromatic N) is 1. The van der Waals surface area contributed by atoms with Crippen molar-refractivity contribution in [3.63, 3.8) is 0 Å². The van der Waals surface area contributed by atoms with Crippen molar-refractivity contribution in [3.05, 3.63) is 71.8 Å². The van der Waals surface area contributed by atoms with E-state index in [1.54, 1.807) is 0 Å². The van der Waals surface area contributed by atoms with Gasteiger partial charge >= 0.3 is 0 Å². The van der Waals surface area contributed by atoms with Gasteiger partial charge in [0.2, 0.25) is 15.9 Å². The Labute approximate surface area is 161 Å². The molecule has 2 aromatic rings. The number of hydrogen-bond donors (Lipinski definition) is 1. The van der Waals surface area contributed by atoms with Gasteiger partial charge in [-0.05, 0) is 30.4 Å². The summed E-state index contributed by atoms with van der Waals surface area (Å²) < 4.78 is 26.9. The van der Waals surface area contributed by atoms with E-state index in [2.05, 4.69) is 5.32 Å². The molecule has 0 aliphatic carbocycles. The Balaban J connectivity index is 1.52. The zero-order valence-electron chi connectivity index (χ0n) is 15.4. The van der Waals surface area contributed by atoms with Crippen molar-refractivity contribution in [1.82, 2.24) is 9.62 Å². The predicted octanol–water partition coefficient (Wildman–Crippen LogP) is 2.59. The number of nitrogens with one attached hydrogen (secondary N) is 1. The lowest BCUT2D eigenvalue weighted by molar-refractivity contribution is -0.126. The lowest BCUT2D eigenvalue weighted by atomic mass is 9.99. The normalized spacial score (nSPS) is 18.1. The van der Waals surface area contributed by atoms with Crippen LogP contribution in [0.4, 0.5) is 0 Å². The molecule has 3 rings (SSSR count). The van der Waals surface area contributed by atoms with Crippen LogP contribution in [0, 0.1) is 5.92 Å². The maximum absolute atomic E-state index is 12.7. The summed E-state index contributed by atoms with van der Waals surface area (Å²) in [7, 11) is -3.41. The highest BCUT2D eigenvalue weighted by Crippen LogP contribution is 2.21. The molecule has 0 spiro atoms. The number of carbonyl (C=O) groups is 1. The quantitative estimate of drug-likeness (QED) is 0.795. The fourth-order valence-electron chi connectivity index (χ4n) is 3.40. The molecule has 27 heavy (non-hydrogen) atoms. The predicted molar refractivity (Wildman–Crippen MR) is 107 cm³/mol. The minimum absolute atomic E-state index is 0.0177. The summed E-state index contributed by atoms with van der Waals surface area (Å²) in [6, 6.07) is 19.2. The Morgan fingerprint density at radius 2 is 1.63 bits per heavy atom. The van der Waals surface area contributed by atoms with Crippen LogP contribution in [0.25, 0.3) is 0 Å². The standard InChI is InChI=1S/C21H26N2O3S/c24-21(22-14-13-18-8-3-1-4-9-18)20-12-7-15-23(16-20)27(25,26)17-19-10-5-2-6-11-19/h1-6,8-11,20H,7,12-17H2,(H,22,24)/t20-/m1/s1. The molecule has 0 bridgehead atoms. The number of hydrogen-bond acceptors (Lipinski definition) is 3. The van der Waals surface area contributed by atoms with Gasteiger partial charge in [-0.15, -0.1) is 0 Å². The largest absolute Gasteiger partial charge is 0.355 e. The van der Waals surface area contributed by atoms with Crippen LogP contribution < -0.4 is 5.32 Å². The molecule has 1 atom stereocenters. The van der Waals surface area contributed by atoms with Crippen molar-refractivity contribution in [2.24, 2.45) is 5.92 Å². The second-order valence-corrected chi connectivity index (χ2v) is 8.93. The van der Waals surface area contributed by atoms with Crippen molar-refractivity contribution in [1.29, 1.82) is 0 Å². The van der Waals surface area contributed by atoms with Crippen molar-refractivity contribution < 1.29 is 13.2 Å². The molecule has 1 aliphatic rings. The first-order valence-corrected chi connectivity index (χ1v) is 11.0. The van der Waals surface area contributed by atoms with Crippen LogP contribution in [-0.2, 0) is 27.0 Å². The summed E-state index contributed by atoms with van der Waals surface area (Å²) in [5.74, 6) is -0.346. The van der Waals surface area contributed by atoms with Crippen LogP contribution in [0.1, 0.15) is 24.0 Å². The van der Waals surface area contributed by atoms with Crippen molar-refractivity contribution >= 4 is 15.9 Å². The Hall–Kier alpha value is -2.18. The van der Waals surface area contributed by atoms with Gasteiger partial charge in [0.05, 0.1) is 11.7 Å². The number of piperidine rings is 1. The third-order valence-corrected chi connectivity index (χ3v) is 6.71. The molecule has 1 saturated heterocycles. The minimum atomic E-state index is -3.41. The third kappa shape index (κ3) is 5.65. The summed E-state index contributed by atoms with van der Waals surface area (Å²) in [6.07, 6.45) is 2.22. The second-order valence-electron chi connectivity index (χ2n) is 6.97. The average molecular weight is 387 g/mol. The van der Waals surface area contributed by atoms with Gasteiger partial charge in [-0.25, -0.2) is 12.7 Å². The van der Waals surface area contributed by atoms with Gasteiger partial charge in [-0.3, -0.25) is 4.79 Å². The SMILES string of the molecule is O=C(NCCc1ccccc1)[C@@H]1CCCN(S(=O)(=O)Cc2ccccc2)C1. The summed E-state index contributed by atoms with van der Waals surface area (Å²) in [6.45, 7) is 1.32. The highest BCUT2D eigenvalue weighted by atomic mass is 32.2. The first kappa shape index (κ1) is 19.6. The fraction of sp³-hybridized carbons (Fsp3) is 0.381. The molecule has 1 heterocycles. The van der Waals surface area contributed by atoms with Gasteiger partial charge in [0.15, 0.2) is 0 Å². The Morgan fingerprint density at radius 1 is 1.00 bits per heavy atom. The van der Waals surface area contributed by atoms with Crippen LogP contribution in [0.3, 0.4) is 0 Å². The minimum Gasteiger partial charge on any atom is -0.355 e. The molecular weight excluding hydrogens is 360 g/mol. The summed E-state index contributed by atoms with van der Waals surface area (Å²) in [5.41, 5.74) is 1.94.